The van der Waals surface area contributed by atoms with Gasteiger partial charge in [-0.1, -0.05) is 37.6 Å². The Morgan fingerprint density at radius 2 is 1.94 bits per heavy atom. The van der Waals surface area contributed by atoms with Crippen LogP contribution in [0.5, 0.6) is 0 Å². The zero-order valence-electron chi connectivity index (χ0n) is 11.7. The van der Waals surface area contributed by atoms with Crippen LogP contribution >= 0.6 is 0 Å². The molecule has 0 aliphatic carbocycles. The molecule has 0 aliphatic heterocycles. The lowest BCUT2D eigenvalue weighted by Crippen LogP contribution is -2.31. The quantitative estimate of drug-likeness (QED) is 0.730. The SMILES string of the molecule is CCNCCN(CC)Cc1cc(C)ccc1C. The summed E-state index contributed by atoms with van der Waals surface area (Å²) in [4.78, 5) is 2.49. The van der Waals surface area contributed by atoms with Crippen LogP contribution in [0.4, 0.5) is 0 Å². The summed E-state index contributed by atoms with van der Waals surface area (Å²) in [6.45, 7) is 14.2. The van der Waals surface area contributed by atoms with Gasteiger partial charge in [-0.3, -0.25) is 4.90 Å². The van der Waals surface area contributed by atoms with Crippen LogP contribution in [-0.2, 0) is 6.54 Å². The molecule has 1 aromatic rings. The monoisotopic (exact) mass is 234 g/mol. The normalized spacial score (nSPS) is 11.1. The van der Waals surface area contributed by atoms with E-state index in [1.165, 1.54) is 16.7 Å². The largest absolute Gasteiger partial charge is 0.316 e. The van der Waals surface area contributed by atoms with E-state index in [1.807, 2.05) is 0 Å². The third-order valence-electron chi connectivity index (χ3n) is 3.20. The van der Waals surface area contributed by atoms with Crippen molar-refractivity contribution < 1.29 is 0 Å². The van der Waals surface area contributed by atoms with E-state index in [0.29, 0.717) is 0 Å². The second-order valence-corrected chi connectivity index (χ2v) is 4.65. The molecule has 2 heteroatoms. The number of benzene rings is 1. The average Bonchev–Trinajstić information content (AvgIpc) is 2.32. The molecule has 1 rings (SSSR count). The predicted molar refractivity (Wildman–Crippen MR) is 75.4 cm³/mol. The zero-order chi connectivity index (χ0) is 12.7. The summed E-state index contributed by atoms with van der Waals surface area (Å²) in [5, 5.41) is 3.38. The molecule has 2 nitrogen and oxygen atoms in total. The summed E-state index contributed by atoms with van der Waals surface area (Å²) in [6, 6.07) is 6.72. The molecule has 0 spiro atoms. The first kappa shape index (κ1) is 14.2. The van der Waals surface area contributed by atoms with Crippen molar-refractivity contribution in [1.82, 2.24) is 10.2 Å². The first-order chi connectivity index (χ1) is 8.17. The fourth-order valence-electron chi connectivity index (χ4n) is 1.97. The van der Waals surface area contributed by atoms with Crippen LogP contribution in [0.15, 0.2) is 18.2 Å². The van der Waals surface area contributed by atoms with Crippen LogP contribution in [0, 0.1) is 13.8 Å². The fourth-order valence-corrected chi connectivity index (χ4v) is 1.97. The van der Waals surface area contributed by atoms with Gasteiger partial charge in [0.05, 0.1) is 0 Å². The Morgan fingerprint density at radius 3 is 2.59 bits per heavy atom. The van der Waals surface area contributed by atoms with Crippen LogP contribution in [0.25, 0.3) is 0 Å². The lowest BCUT2D eigenvalue weighted by atomic mass is 10.1. The number of nitrogens with zero attached hydrogens (tertiary/aromatic N) is 1. The van der Waals surface area contributed by atoms with Crippen molar-refractivity contribution >= 4 is 0 Å². The summed E-state index contributed by atoms with van der Waals surface area (Å²) in [5.74, 6) is 0. The van der Waals surface area contributed by atoms with Crippen molar-refractivity contribution in [3.05, 3.63) is 34.9 Å². The van der Waals surface area contributed by atoms with Crippen LogP contribution in [0.2, 0.25) is 0 Å². The molecule has 0 aromatic heterocycles. The molecule has 0 aliphatic rings. The van der Waals surface area contributed by atoms with Gasteiger partial charge >= 0.3 is 0 Å². The molecule has 17 heavy (non-hydrogen) atoms. The van der Waals surface area contributed by atoms with Gasteiger partial charge in [-0.15, -0.1) is 0 Å². The topological polar surface area (TPSA) is 15.3 Å². The molecule has 0 atom stereocenters. The minimum absolute atomic E-state index is 1.06. The van der Waals surface area contributed by atoms with Crippen molar-refractivity contribution in [2.24, 2.45) is 0 Å². The van der Waals surface area contributed by atoms with E-state index in [9.17, 15) is 0 Å². The Kier molecular flexibility index (Phi) is 6.23. The van der Waals surface area contributed by atoms with Crippen molar-refractivity contribution in [2.45, 2.75) is 34.2 Å². The second-order valence-electron chi connectivity index (χ2n) is 4.65. The zero-order valence-corrected chi connectivity index (χ0v) is 11.7. The highest BCUT2D eigenvalue weighted by Gasteiger charge is 2.05. The first-order valence-electron chi connectivity index (χ1n) is 6.66. The molecule has 0 amide bonds. The maximum Gasteiger partial charge on any atom is 0.0236 e. The minimum Gasteiger partial charge on any atom is -0.316 e. The Hall–Kier alpha value is -0.860. The van der Waals surface area contributed by atoms with Gasteiger partial charge in [-0.25, -0.2) is 0 Å². The Labute approximate surface area is 106 Å². The van der Waals surface area contributed by atoms with Crippen LogP contribution in [0.3, 0.4) is 0 Å². The van der Waals surface area contributed by atoms with Crippen molar-refractivity contribution in [2.75, 3.05) is 26.2 Å². The lowest BCUT2D eigenvalue weighted by molar-refractivity contribution is 0.279. The van der Waals surface area contributed by atoms with E-state index in [4.69, 9.17) is 0 Å². The van der Waals surface area contributed by atoms with Gasteiger partial charge in [0.15, 0.2) is 0 Å². The molecule has 1 N–H and O–H groups in total. The van der Waals surface area contributed by atoms with E-state index in [-0.39, 0.29) is 0 Å². The molecule has 0 unspecified atom stereocenters. The van der Waals surface area contributed by atoms with E-state index >= 15 is 0 Å². The standard InChI is InChI=1S/C15H26N2/c1-5-16-9-10-17(6-2)12-15-11-13(3)7-8-14(15)4/h7-8,11,16H,5-6,9-10,12H2,1-4H3. The molecular weight excluding hydrogens is 208 g/mol. The minimum atomic E-state index is 1.06. The summed E-state index contributed by atoms with van der Waals surface area (Å²) in [5.41, 5.74) is 4.22. The molecule has 0 radical (unpaired) electrons. The summed E-state index contributed by atoms with van der Waals surface area (Å²) >= 11 is 0. The first-order valence-corrected chi connectivity index (χ1v) is 6.66. The highest BCUT2D eigenvalue weighted by molar-refractivity contribution is 5.30. The van der Waals surface area contributed by atoms with Crippen molar-refractivity contribution in [1.29, 1.82) is 0 Å². The van der Waals surface area contributed by atoms with Crippen LogP contribution < -0.4 is 5.32 Å². The molecule has 96 valence electrons. The Morgan fingerprint density at radius 1 is 1.18 bits per heavy atom. The molecule has 0 saturated heterocycles. The Bertz CT molecular complexity index is 334. The number of likely N-dealkylation sites (N-methyl/N-ethyl adjacent to an activating group) is 2. The number of rotatable bonds is 7. The van der Waals surface area contributed by atoms with Crippen molar-refractivity contribution in [3.63, 3.8) is 0 Å². The number of aryl methyl sites for hydroxylation is 2. The predicted octanol–water partition coefficient (Wildman–Crippen LogP) is 2.73. The fraction of sp³-hybridized carbons (Fsp3) is 0.600. The third kappa shape index (κ3) is 4.88. The van der Waals surface area contributed by atoms with Crippen LogP contribution in [-0.4, -0.2) is 31.1 Å². The smallest absolute Gasteiger partial charge is 0.0236 e. The van der Waals surface area contributed by atoms with Gasteiger partial charge in [-0.2, -0.15) is 0 Å². The molecule has 0 fully saturated rings. The highest BCUT2D eigenvalue weighted by atomic mass is 15.1. The van der Waals surface area contributed by atoms with E-state index in [0.717, 1.165) is 32.7 Å². The molecule has 0 bridgehead atoms. The Balaban J connectivity index is 2.57. The average molecular weight is 234 g/mol. The molecule has 0 heterocycles. The van der Waals surface area contributed by atoms with Crippen LogP contribution in [0.1, 0.15) is 30.5 Å². The summed E-state index contributed by atoms with van der Waals surface area (Å²) in [6.07, 6.45) is 0. The molecular formula is C15H26N2. The maximum absolute atomic E-state index is 3.38. The van der Waals surface area contributed by atoms with Gasteiger partial charge in [0.1, 0.15) is 0 Å². The lowest BCUT2D eigenvalue weighted by Gasteiger charge is -2.21. The number of hydrogen-bond donors (Lipinski definition) is 1. The van der Waals surface area contributed by atoms with Gasteiger partial charge < -0.3 is 5.32 Å². The molecule has 0 saturated carbocycles. The summed E-state index contributed by atoms with van der Waals surface area (Å²) < 4.78 is 0. The number of hydrogen-bond acceptors (Lipinski definition) is 2. The van der Waals surface area contributed by atoms with E-state index in [1.54, 1.807) is 0 Å². The van der Waals surface area contributed by atoms with Crippen molar-refractivity contribution in [3.8, 4) is 0 Å². The van der Waals surface area contributed by atoms with Gasteiger partial charge in [0.25, 0.3) is 0 Å². The summed E-state index contributed by atoms with van der Waals surface area (Å²) in [7, 11) is 0. The van der Waals surface area contributed by atoms with Gasteiger partial charge in [0, 0.05) is 19.6 Å². The van der Waals surface area contributed by atoms with E-state index in [2.05, 4.69) is 56.1 Å². The van der Waals surface area contributed by atoms with E-state index < -0.39 is 0 Å². The number of nitrogens with one attached hydrogen (secondary N) is 1. The second kappa shape index (κ2) is 7.46. The van der Waals surface area contributed by atoms with Gasteiger partial charge in [0.2, 0.25) is 0 Å². The highest BCUT2D eigenvalue weighted by Crippen LogP contribution is 2.13. The third-order valence-corrected chi connectivity index (χ3v) is 3.20. The van der Waals surface area contributed by atoms with Gasteiger partial charge in [-0.05, 0) is 38.1 Å². The maximum atomic E-state index is 3.38. The molecule has 1 aromatic carbocycles.